The van der Waals surface area contributed by atoms with Gasteiger partial charge in [-0.25, -0.2) is 9.37 Å². The summed E-state index contributed by atoms with van der Waals surface area (Å²) in [6, 6.07) is 4.01. The molecule has 0 saturated carbocycles. The van der Waals surface area contributed by atoms with Crippen LogP contribution >= 0.6 is 27.3 Å². The van der Waals surface area contributed by atoms with Crippen LogP contribution in [0.15, 0.2) is 28.1 Å². The molecular weight excluding hydrogens is 319 g/mol. The smallest absolute Gasteiger partial charge is 0.252 e. The second kappa shape index (κ2) is 5.58. The number of carbonyl (C=O) groups is 1. The van der Waals surface area contributed by atoms with Crippen molar-refractivity contribution in [1.82, 2.24) is 10.3 Å². The highest BCUT2D eigenvalue weighted by Gasteiger charge is 2.11. The second-order valence-electron chi connectivity index (χ2n) is 3.66. The average molecular weight is 329 g/mol. The van der Waals surface area contributed by atoms with E-state index in [2.05, 4.69) is 26.2 Å². The summed E-state index contributed by atoms with van der Waals surface area (Å²) < 4.78 is 13.6. The molecule has 0 aliphatic carbocycles. The van der Waals surface area contributed by atoms with E-state index in [9.17, 15) is 9.18 Å². The van der Waals surface area contributed by atoms with Crippen molar-refractivity contribution in [3.8, 4) is 0 Å². The van der Waals surface area contributed by atoms with Crippen molar-refractivity contribution in [2.75, 3.05) is 0 Å². The predicted molar refractivity (Wildman–Crippen MR) is 72.1 cm³/mol. The molecule has 1 aromatic carbocycles. The van der Waals surface area contributed by atoms with E-state index in [1.165, 1.54) is 29.5 Å². The van der Waals surface area contributed by atoms with Crippen molar-refractivity contribution in [3.63, 3.8) is 0 Å². The Labute approximate surface area is 116 Å². The molecule has 0 aliphatic rings. The lowest BCUT2D eigenvalue weighted by molar-refractivity contribution is 0.0949. The van der Waals surface area contributed by atoms with Crippen LogP contribution in [-0.4, -0.2) is 10.9 Å². The van der Waals surface area contributed by atoms with Crippen molar-refractivity contribution in [3.05, 3.63) is 50.1 Å². The van der Waals surface area contributed by atoms with Gasteiger partial charge < -0.3 is 5.32 Å². The number of thiazole rings is 1. The van der Waals surface area contributed by atoms with Crippen molar-refractivity contribution < 1.29 is 9.18 Å². The van der Waals surface area contributed by atoms with E-state index >= 15 is 0 Å². The van der Waals surface area contributed by atoms with Gasteiger partial charge in [-0.2, -0.15) is 0 Å². The number of aromatic nitrogens is 1. The minimum atomic E-state index is -0.437. The summed E-state index contributed by atoms with van der Waals surface area (Å²) in [7, 11) is 0. The summed E-state index contributed by atoms with van der Waals surface area (Å²) in [4.78, 5) is 16.1. The third-order valence-electron chi connectivity index (χ3n) is 2.27. The average Bonchev–Trinajstić information content (AvgIpc) is 2.75. The zero-order valence-corrected chi connectivity index (χ0v) is 11.9. The minimum absolute atomic E-state index is 0.280. The number of hydrogen-bond donors (Lipinski definition) is 1. The van der Waals surface area contributed by atoms with Gasteiger partial charge in [0.15, 0.2) is 0 Å². The highest BCUT2D eigenvalue weighted by atomic mass is 79.9. The van der Waals surface area contributed by atoms with Crippen LogP contribution in [0.25, 0.3) is 0 Å². The topological polar surface area (TPSA) is 42.0 Å². The fourth-order valence-corrected chi connectivity index (χ4v) is 2.47. The third kappa shape index (κ3) is 3.14. The van der Waals surface area contributed by atoms with E-state index in [1.54, 1.807) is 0 Å². The fourth-order valence-electron chi connectivity index (χ4n) is 1.43. The standard InChI is InChI=1S/C12H10BrFN2OS/c1-7-16-9(6-18-7)5-15-12(17)10-4-8(14)2-3-11(10)13/h2-4,6H,5H2,1H3,(H,15,17). The summed E-state index contributed by atoms with van der Waals surface area (Å²) in [5.74, 6) is -0.764. The maximum atomic E-state index is 13.1. The Balaban J connectivity index is 2.05. The van der Waals surface area contributed by atoms with Gasteiger partial charge in [-0.05, 0) is 41.1 Å². The van der Waals surface area contributed by atoms with Crippen LogP contribution in [0, 0.1) is 12.7 Å². The SMILES string of the molecule is Cc1nc(CNC(=O)c2cc(F)ccc2Br)cs1. The first-order valence-electron chi connectivity index (χ1n) is 5.20. The number of benzene rings is 1. The molecule has 94 valence electrons. The molecular formula is C12H10BrFN2OS. The zero-order chi connectivity index (χ0) is 13.1. The highest BCUT2D eigenvalue weighted by molar-refractivity contribution is 9.10. The molecule has 18 heavy (non-hydrogen) atoms. The van der Waals surface area contributed by atoms with Gasteiger partial charge >= 0.3 is 0 Å². The molecule has 0 spiro atoms. The molecule has 0 fully saturated rings. The van der Waals surface area contributed by atoms with Crippen LogP contribution in [0.1, 0.15) is 21.1 Å². The van der Waals surface area contributed by atoms with E-state index in [1.807, 2.05) is 12.3 Å². The van der Waals surface area contributed by atoms with Crippen LogP contribution in [0.3, 0.4) is 0 Å². The van der Waals surface area contributed by atoms with Gasteiger partial charge in [0.25, 0.3) is 5.91 Å². The van der Waals surface area contributed by atoms with E-state index in [4.69, 9.17) is 0 Å². The quantitative estimate of drug-likeness (QED) is 0.939. The summed E-state index contributed by atoms with van der Waals surface area (Å²) in [6.45, 7) is 2.24. The fraction of sp³-hybridized carbons (Fsp3) is 0.167. The van der Waals surface area contributed by atoms with E-state index < -0.39 is 5.82 Å². The van der Waals surface area contributed by atoms with Crippen molar-refractivity contribution >= 4 is 33.2 Å². The normalized spacial score (nSPS) is 10.4. The number of halogens is 2. The van der Waals surface area contributed by atoms with Gasteiger partial charge in [0.1, 0.15) is 5.82 Å². The van der Waals surface area contributed by atoms with Crippen molar-refractivity contribution in [2.45, 2.75) is 13.5 Å². The van der Waals surface area contributed by atoms with Crippen LogP contribution in [0.5, 0.6) is 0 Å². The molecule has 1 N–H and O–H groups in total. The third-order valence-corrected chi connectivity index (χ3v) is 3.78. The molecule has 0 aliphatic heterocycles. The Morgan fingerprint density at radius 2 is 2.33 bits per heavy atom. The molecule has 0 bridgehead atoms. The summed E-state index contributed by atoms with van der Waals surface area (Å²) in [6.07, 6.45) is 0. The molecule has 6 heteroatoms. The number of amides is 1. The van der Waals surface area contributed by atoms with Crippen LogP contribution < -0.4 is 5.32 Å². The Morgan fingerprint density at radius 1 is 1.56 bits per heavy atom. The number of carbonyl (C=O) groups excluding carboxylic acids is 1. The van der Waals surface area contributed by atoms with Crippen LogP contribution in [0.4, 0.5) is 4.39 Å². The van der Waals surface area contributed by atoms with Gasteiger partial charge in [-0.15, -0.1) is 11.3 Å². The Morgan fingerprint density at radius 3 is 3.00 bits per heavy atom. The second-order valence-corrected chi connectivity index (χ2v) is 5.58. The van der Waals surface area contributed by atoms with Gasteiger partial charge in [-0.3, -0.25) is 4.79 Å². The predicted octanol–water partition coefficient (Wildman–Crippen LogP) is 3.28. The first-order chi connectivity index (χ1) is 8.56. The Bertz CT molecular complexity index is 585. The lowest BCUT2D eigenvalue weighted by atomic mass is 10.2. The van der Waals surface area contributed by atoms with Crippen LogP contribution in [-0.2, 0) is 6.54 Å². The van der Waals surface area contributed by atoms with E-state index in [-0.39, 0.29) is 11.5 Å². The Hall–Kier alpha value is -1.27. The molecule has 0 atom stereocenters. The lowest BCUT2D eigenvalue weighted by Gasteiger charge is -2.05. The first-order valence-corrected chi connectivity index (χ1v) is 6.88. The van der Waals surface area contributed by atoms with Gasteiger partial charge in [0.2, 0.25) is 0 Å². The summed E-state index contributed by atoms with van der Waals surface area (Å²) in [5, 5.41) is 5.54. The molecule has 1 aromatic heterocycles. The number of hydrogen-bond acceptors (Lipinski definition) is 3. The molecule has 2 rings (SSSR count). The minimum Gasteiger partial charge on any atom is -0.346 e. The van der Waals surface area contributed by atoms with Crippen LogP contribution in [0.2, 0.25) is 0 Å². The largest absolute Gasteiger partial charge is 0.346 e. The first kappa shape index (κ1) is 13.2. The number of rotatable bonds is 3. The molecule has 1 heterocycles. The molecule has 0 unspecified atom stereocenters. The summed E-state index contributed by atoms with van der Waals surface area (Å²) >= 11 is 4.75. The molecule has 0 saturated heterocycles. The number of aryl methyl sites for hydroxylation is 1. The zero-order valence-electron chi connectivity index (χ0n) is 9.54. The van der Waals surface area contributed by atoms with Gasteiger partial charge in [0.05, 0.1) is 22.8 Å². The molecule has 1 amide bonds. The van der Waals surface area contributed by atoms with Gasteiger partial charge in [-0.1, -0.05) is 0 Å². The Kier molecular flexibility index (Phi) is 4.08. The number of nitrogens with zero attached hydrogens (tertiary/aromatic N) is 1. The highest BCUT2D eigenvalue weighted by Crippen LogP contribution is 2.18. The summed E-state index contributed by atoms with van der Waals surface area (Å²) in [5.41, 5.74) is 1.08. The lowest BCUT2D eigenvalue weighted by Crippen LogP contribution is -2.23. The maximum Gasteiger partial charge on any atom is 0.252 e. The van der Waals surface area contributed by atoms with E-state index in [0.717, 1.165) is 10.7 Å². The van der Waals surface area contributed by atoms with E-state index in [0.29, 0.717) is 11.0 Å². The van der Waals surface area contributed by atoms with Crippen molar-refractivity contribution in [1.29, 1.82) is 0 Å². The molecule has 3 nitrogen and oxygen atoms in total. The van der Waals surface area contributed by atoms with Gasteiger partial charge in [0, 0.05) is 9.85 Å². The number of nitrogens with one attached hydrogen (secondary N) is 1. The monoisotopic (exact) mass is 328 g/mol. The maximum absolute atomic E-state index is 13.1. The molecule has 2 aromatic rings. The molecule has 0 radical (unpaired) electrons. The van der Waals surface area contributed by atoms with Crippen molar-refractivity contribution in [2.24, 2.45) is 0 Å².